The minimum absolute atomic E-state index is 0.0434. The highest BCUT2D eigenvalue weighted by Gasteiger charge is 2.27. The number of rotatable bonds is 3. The summed E-state index contributed by atoms with van der Waals surface area (Å²) >= 11 is 0. The molecule has 0 radical (unpaired) electrons. The molecular weight excluding hydrogens is 426 g/mol. The van der Waals surface area contributed by atoms with Gasteiger partial charge in [-0.05, 0) is 42.5 Å². The van der Waals surface area contributed by atoms with Gasteiger partial charge in [0.1, 0.15) is 6.61 Å². The van der Waals surface area contributed by atoms with Crippen molar-refractivity contribution in [1.82, 2.24) is 4.57 Å². The average molecular weight is 443 g/mol. The van der Waals surface area contributed by atoms with E-state index in [0.29, 0.717) is 28.0 Å². The van der Waals surface area contributed by atoms with Crippen molar-refractivity contribution in [2.75, 3.05) is 6.61 Å². The number of carbonyl (C=O) groups is 2. The lowest BCUT2D eigenvalue weighted by molar-refractivity contribution is -0.127. The van der Waals surface area contributed by atoms with Crippen LogP contribution >= 0.6 is 0 Å². The Morgan fingerprint density at radius 1 is 0.848 bits per heavy atom. The number of ether oxygens (including phenoxy) is 2. The largest absolute Gasteiger partial charge is 0.494 e. The first-order chi connectivity index (χ1) is 16.0. The molecule has 9 heteroatoms. The Kier molecular flexibility index (Phi) is 4.98. The van der Waals surface area contributed by atoms with Gasteiger partial charge in [0.15, 0.2) is 11.5 Å². The molecule has 2 N–H and O–H groups in total. The molecule has 0 aliphatic carbocycles. The first-order valence-electron chi connectivity index (χ1n) is 10.0. The molecule has 9 nitrogen and oxygen atoms in total. The second kappa shape index (κ2) is 8.12. The highest BCUT2D eigenvalue weighted by Crippen LogP contribution is 2.38. The molecule has 2 amide bonds. The highest BCUT2D eigenvalue weighted by molar-refractivity contribution is 5.97. The number of fused-ring (bicyclic) bond motifs is 2. The van der Waals surface area contributed by atoms with Crippen LogP contribution in [0.4, 0.5) is 0 Å². The number of benzene rings is 3. The first kappa shape index (κ1) is 20.3. The minimum atomic E-state index is -1.01. The number of carbonyl (C=O) groups excluding carboxylic acids is 2. The number of aromatic hydroxyl groups is 2. The lowest BCUT2D eigenvalue weighted by Crippen LogP contribution is -2.35. The Labute approximate surface area is 187 Å². The summed E-state index contributed by atoms with van der Waals surface area (Å²) in [5, 5.41) is 29.0. The molecule has 1 aliphatic heterocycles. The predicted octanol–water partition coefficient (Wildman–Crippen LogP) is 4.00. The van der Waals surface area contributed by atoms with E-state index >= 15 is 0 Å². The molecule has 0 fully saturated rings. The molecule has 1 aliphatic rings. The van der Waals surface area contributed by atoms with E-state index in [-0.39, 0.29) is 23.9 Å². The minimum Gasteiger partial charge on any atom is -0.494 e. The Morgan fingerprint density at radius 2 is 1.52 bits per heavy atom. The van der Waals surface area contributed by atoms with Crippen LogP contribution < -0.4 is 9.47 Å². The van der Waals surface area contributed by atoms with Crippen molar-refractivity contribution in [2.24, 2.45) is 10.2 Å². The van der Waals surface area contributed by atoms with Gasteiger partial charge in [-0.2, -0.15) is 0 Å². The standard InChI is InChI=1S/C24H17N3O6/c28-21(25-26-22(29)20-13-32-18-10-3-4-11-19(18)33-20)14-6-5-7-15(12-14)27-23(30)16-8-1-2-9-17(16)24(27)31/h1-12,20,30-31H,13H2/t20-/m1/s1. The van der Waals surface area contributed by atoms with Crippen LogP contribution in [0.3, 0.4) is 0 Å². The third kappa shape index (κ3) is 3.65. The van der Waals surface area contributed by atoms with Crippen LogP contribution in [0.2, 0.25) is 0 Å². The summed E-state index contributed by atoms with van der Waals surface area (Å²) in [5.74, 6) is -0.914. The number of amides is 2. The SMILES string of the molecule is O=C(N=NC(=O)[C@H]1COc2ccccc2O1)c1cccc(-n2c(O)c3ccccc3c2O)c1. The van der Waals surface area contributed by atoms with Gasteiger partial charge in [-0.15, -0.1) is 10.2 Å². The molecule has 1 atom stereocenters. The van der Waals surface area contributed by atoms with Gasteiger partial charge in [0.25, 0.3) is 5.91 Å². The molecule has 3 aromatic carbocycles. The van der Waals surface area contributed by atoms with Gasteiger partial charge in [-0.1, -0.05) is 30.3 Å². The van der Waals surface area contributed by atoms with E-state index in [9.17, 15) is 19.8 Å². The Morgan fingerprint density at radius 3 is 2.24 bits per heavy atom. The molecule has 1 aromatic heterocycles. The van der Waals surface area contributed by atoms with Gasteiger partial charge in [-0.25, -0.2) is 0 Å². The predicted molar refractivity (Wildman–Crippen MR) is 117 cm³/mol. The van der Waals surface area contributed by atoms with E-state index in [2.05, 4.69) is 10.2 Å². The zero-order chi connectivity index (χ0) is 22.9. The molecule has 0 unspecified atom stereocenters. The summed E-state index contributed by atoms with van der Waals surface area (Å²) in [7, 11) is 0. The maximum absolute atomic E-state index is 12.5. The summed E-state index contributed by atoms with van der Waals surface area (Å²) in [4.78, 5) is 24.9. The molecule has 164 valence electrons. The summed E-state index contributed by atoms with van der Waals surface area (Å²) in [6.45, 7) is -0.0434. The molecule has 33 heavy (non-hydrogen) atoms. The Balaban J connectivity index is 1.36. The second-order valence-electron chi connectivity index (χ2n) is 7.29. The van der Waals surface area contributed by atoms with Gasteiger partial charge < -0.3 is 19.7 Å². The van der Waals surface area contributed by atoms with Crippen molar-refractivity contribution in [3.63, 3.8) is 0 Å². The lowest BCUT2D eigenvalue weighted by Gasteiger charge is -2.23. The quantitative estimate of drug-likeness (QED) is 0.462. The van der Waals surface area contributed by atoms with Crippen molar-refractivity contribution in [3.05, 3.63) is 78.4 Å². The van der Waals surface area contributed by atoms with Gasteiger partial charge in [0.05, 0.1) is 5.69 Å². The normalized spacial score (nSPS) is 15.1. The highest BCUT2D eigenvalue weighted by atomic mass is 16.6. The van der Waals surface area contributed by atoms with Crippen LogP contribution in [-0.2, 0) is 4.79 Å². The van der Waals surface area contributed by atoms with Crippen molar-refractivity contribution in [3.8, 4) is 28.9 Å². The van der Waals surface area contributed by atoms with Gasteiger partial charge in [0, 0.05) is 16.3 Å². The van der Waals surface area contributed by atoms with E-state index in [1.54, 1.807) is 60.7 Å². The molecule has 4 aromatic rings. The smallest absolute Gasteiger partial charge is 0.308 e. The fourth-order valence-corrected chi connectivity index (χ4v) is 3.59. The third-order valence-corrected chi connectivity index (χ3v) is 5.21. The fourth-order valence-electron chi connectivity index (χ4n) is 3.59. The number of para-hydroxylation sites is 2. The van der Waals surface area contributed by atoms with E-state index in [1.165, 1.54) is 16.7 Å². The molecule has 2 heterocycles. The molecule has 5 rings (SSSR count). The lowest BCUT2D eigenvalue weighted by atomic mass is 10.2. The number of azo groups is 1. The maximum Gasteiger partial charge on any atom is 0.308 e. The van der Waals surface area contributed by atoms with E-state index in [1.807, 2.05) is 0 Å². The summed E-state index contributed by atoms with van der Waals surface area (Å²) in [6, 6.07) is 19.8. The van der Waals surface area contributed by atoms with Crippen LogP contribution in [0, 0.1) is 0 Å². The summed E-state index contributed by atoms with van der Waals surface area (Å²) in [6.07, 6.45) is -1.01. The van der Waals surface area contributed by atoms with Gasteiger partial charge >= 0.3 is 5.91 Å². The van der Waals surface area contributed by atoms with E-state index < -0.39 is 17.9 Å². The number of hydrogen-bond donors (Lipinski definition) is 2. The number of aromatic nitrogens is 1. The third-order valence-electron chi connectivity index (χ3n) is 5.21. The molecular formula is C24H17N3O6. The second-order valence-corrected chi connectivity index (χ2v) is 7.29. The summed E-state index contributed by atoms with van der Waals surface area (Å²) in [5.41, 5.74) is 0.459. The van der Waals surface area contributed by atoms with Gasteiger partial charge in [0.2, 0.25) is 17.9 Å². The fraction of sp³-hybridized carbons (Fsp3) is 0.0833. The zero-order valence-electron chi connectivity index (χ0n) is 17.1. The Bertz CT molecular complexity index is 1390. The van der Waals surface area contributed by atoms with Crippen LogP contribution in [0.25, 0.3) is 16.5 Å². The Hall–Kier alpha value is -4.66. The van der Waals surface area contributed by atoms with Crippen LogP contribution in [-0.4, -0.2) is 39.3 Å². The topological polar surface area (TPSA) is 123 Å². The van der Waals surface area contributed by atoms with Crippen molar-refractivity contribution >= 4 is 22.6 Å². The summed E-state index contributed by atoms with van der Waals surface area (Å²) < 4.78 is 12.3. The monoisotopic (exact) mass is 443 g/mol. The zero-order valence-corrected chi connectivity index (χ0v) is 17.1. The average Bonchev–Trinajstić information content (AvgIpc) is 3.12. The van der Waals surface area contributed by atoms with Crippen LogP contribution in [0.5, 0.6) is 23.3 Å². The number of hydrogen-bond acceptors (Lipinski definition) is 6. The molecule has 0 saturated carbocycles. The van der Waals surface area contributed by atoms with Crippen molar-refractivity contribution < 1.29 is 29.3 Å². The van der Waals surface area contributed by atoms with E-state index in [0.717, 1.165) is 0 Å². The maximum atomic E-state index is 12.5. The van der Waals surface area contributed by atoms with E-state index in [4.69, 9.17) is 9.47 Å². The molecule has 0 spiro atoms. The van der Waals surface area contributed by atoms with Crippen LogP contribution in [0.1, 0.15) is 10.4 Å². The van der Waals surface area contributed by atoms with Crippen LogP contribution in [0.15, 0.2) is 83.0 Å². The number of nitrogens with zero attached hydrogens (tertiary/aromatic N) is 3. The van der Waals surface area contributed by atoms with Crippen molar-refractivity contribution in [1.29, 1.82) is 0 Å². The first-order valence-corrected chi connectivity index (χ1v) is 10.0. The van der Waals surface area contributed by atoms with Gasteiger partial charge in [-0.3, -0.25) is 14.2 Å². The van der Waals surface area contributed by atoms with Crippen molar-refractivity contribution in [2.45, 2.75) is 6.10 Å². The molecule has 0 bridgehead atoms. The molecule has 0 saturated heterocycles.